The maximum atomic E-state index is 13.7. The highest BCUT2D eigenvalue weighted by Crippen LogP contribution is 2.39. The molecular weight excluding hydrogens is 402 g/mol. The van der Waals surface area contributed by atoms with Crippen LogP contribution in [-0.2, 0) is 10.0 Å². The van der Waals surface area contributed by atoms with Gasteiger partial charge in [0.1, 0.15) is 17.2 Å². The van der Waals surface area contributed by atoms with Crippen LogP contribution in [0.25, 0.3) is 0 Å². The molecule has 3 aromatic carbocycles. The zero-order valence-electron chi connectivity index (χ0n) is 17.4. The molecule has 0 aliphatic rings. The Labute approximate surface area is 177 Å². The fourth-order valence-electron chi connectivity index (χ4n) is 3.32. The molecule has 0 bridgehead atoms. The highest BCUT2D eigenvalue weighted by atomic mass is 32.2. The first-order chi connectivity index (χ1) is 14.4. The molecule has 0 N–H and O–H groups in total. The van der Waals surface area contributed by atoms with Crippen LogP contribution >= 0.6 is 0 Å². The highest BCUT2D eigenvalue weighted by Gasteiger charge is 2.32. The number of rotatable bonds is 8. The summed E-state index contributed by atoms with van der Waals surface area (Å²) in [6.07, 6.45) is 0. The topological polar surface area (TPSA) is 65.1 Å². The van der Waals surface area contributed by atoms with Crippen molar-refractivity contribution >= 4 is 15.7 Å². The summed E-state index contributed by atoms with van der Waals surface area (Å²) in [5.74, 6) is 1.74. The molecular formula is C23H25NO5S. The monoisotopic (exact) mass is 427 g/mol. The molecule has 0 saturated carbocycles. The van der Waals surface area contributed by atoms with Gasteiger partial charge < -0.3 is 14.2 Å². The smallest absolute Gasteiger partial charge is 0.264 e. The summed E-state index contributed by atoms with van der Waals surface area (Å²) >= 11 is 0. The van der Waals surface area contributed by atoms with Gasteiger partial charge in [0.15, 0.2) is 0 Å². The molecule has 158 valence electrons. The van der Waals surface area contributed by atoms with Gasteiger partial charge in [-0.05, 0) is 49.4 Å². The number of benzene rings is 3. The maximum Gasteiger partial charge on any atom is 0.264 e. The SMILES string of the molecule is COc1cccc(N(C(C)c2cc(OC)ccc2OC)S(=O)(=O)c2ccccc2)c1. The molecule has 1 unspecified atom stereocenters. The molecule has 0 fully saturated rings. The Morgan fingerprint density at radius 2 is 1.43 bits per heavy atom. The van der Waals surface area contributed by atoms with E-state index >= 15 is 0 Å². The Morgan fingerprint density at radius 1 is 0.767 bits per heavy atom. The van der Waals surface area contributed by atoms with Crippen molar-refractivity contribution in [1.82, 2.24) is 0 Å². The Bertz CT molecular complexity index is 1100. The van der Waals surface area contributed by atoms with Gasteiger partial charge in [-0.15, -0.1) is 0 Å². The van der Waals surface area contributed by atoms with Gasteiger partial charge >= 0.3 is 0 Å². The molecule has 0 aliphatic heterocycles. The summed E-state index contributed by atoms with van der Waals surface area (Å²) in [7, 11) is 0.777. The van der Waals surface area contributed by atoms with Crippen LogP contribution in [0.5, 0.6) is 17.2 Å². The number of anilines is 1. The van der Waals surface area contributed by atoms with Gasteiger partial charge in [-0.1, -0.05) is 24.3 Å². The van der Waals surface area contributed by atoms with Crippen molar-refractivity contribution in [1.29, 1.82) is 0 Å². The summed E-state index contributed by atoms with van der Waals surface area (Å²) in [4.78, 5) is 0.196. The van der Waals surface area contributed by atoms with Crippen LogP contribution in [0.3, 0.4) is 0 Å². The van der Waals surface area contributed by atoms with E-state index in [1.807, 2.05) is 6.92 Å². The first kappa shape index (κ1) is 21.5. The van der Waals surface area contributed by atoms with Crippen LogP contribution in [0.2, 0.25) is 0 Å². The standard InChI is InChI=1S/C23H25NO5S/c1-17(22-16-20(28-3)13-14-23(22)29-4)24(18-9-8-10-19(15-18)27-2)30(25,26)21-11-6-5-7-12-21/h5-17H,1-4H3. The third-order valence-corrected chi connectivity index (χ3v) is 6.76. The fourth-order valence-corrected chi connectivity index (χ4v) is 4.97. The van der Waals surface area contributed by atoms with Crippen molar-refractivity contribution < 1.29 is 22.6 Å². The quantitative estimate of drug-likeness (QED) is 0.523. The minimum atomic E-state index is -3.89. The Balaban J connectivity index is 2.22. The zero-order chi connectivity index (χ0) is 21.7. The summed E-state index contributed by atoms with van der Waals surface area (Å²) in [5.41, 5.74) is 1.16. The van der Waals surface area contributed by atoms with E-state index in [1.165, 1.54) is 4.31 Å². The first-order valence-corrected chi connectivity index (χ1v) is 10.8. The third-order valence-electron chi connectivity index (χ3n) is 4.85. The number of hydrogen-bond acceptors (Lipinski definition) is 5. The van der Waals surface area contributed by atoms with Crippen molar-refractivity contribution in [3.63, 3.8) is 0 Å². The second-order valence-corrected chi connectivity index (χ2v) is 8.41. The molecule has 0 amide bonds. The van der Waals surface area contributed by atoms with E-state index in [9.17, 15) is 8.42 Å². The molecule has 6 nitrogen and oxygen atoms in total. The van der Waals surface area contributed by atoms with Crippen LogP contribution in [0.4, 0.5) is 5.69 Å². The van der Waals surface area contributed by atoms with Crippen LogP contribution < -0.4 is 18.5 Å². The number of methoxy groups -OCH3 is 3. The predicted molar refractivity (Wildman–Crippen MR) is 117 cm³/mol. The van der Waals surface area contributed by atoms with Crippen molar-refractivity contribution in [2.75, 3.05) is 25.6 Å². The maximum absolute atomic E-state index is 13.7. The van der Waals surface area contributed by atoms with Crippen molar-refractivity contribution in [2.45, 2.75) is 17.9 Å². The summed E-state index contributed by atoms with van der Waals surface area (Å²) in [6.45, 7) is 1.82. The third kappa shape index (κ3) is 4.21. The van der Waals surface area contributed by atoms with E-state index in [0.29, 0.717) is 28.5 Å². The van der Waals surface area contributed by atoms with Gasteiger partial charge in [0.05, 0.1) is 38.0 Å². The van der Waals surface area contributed by atoms with E-state index in [1.54, 1.807) is 94.1 Å². The molecule has 3 aromatic rings. The molecule has 0 radical (unpaired) electrons. The van der Waals surface area contributed by atoms with E-state index in [2.05, 4.69) is 0 Å². The van der Waals surface area contributed by atoms with E-state index in [0.717, 1.165) is 0 Å². The lowest BCUT2D eigenvalue weighted by Crippen LogP contribution is -2.34. The molecule has 7 heteroatoms. The number of ether oxygens (including phenoxy) is 3. The molecule has 30 heavy (non-hydrogen) atoms. The van der Waals surface area contributed by atoms with Crippen molar-refractivity contribution in [3.05, 3.63) is 78.4 Å². The fraction of sp³-hybridized carbons (Fsp3) is 0.217. The number of sulfonamides is 1. The van der Waals surface area contributed by atoms with Gasteiger partial charge in [-0.3, -0.25) is 4.31 Å². The Hall–Kier alpha value is -3.19. The molecule has 0 aromatic heterocycles. The van der Waals surface area contributed by atoms with Gasteiger partial charge in [0, 0.05) is 11.6 Å². The second kappa shape index (κ2) is 9.09. The average Bonchev–Trinajstić information content (AvgIpc) is 2.79. The largest absolute Gasteiger partial charge is 0.497 e. The molecule has 0 aliphatic carbocycles. The Kier molecular flexibility index (Phi) is 6.52. The van der Waals surface area contributed by atoms with Crippen LogP contribution in [-0.4, -0.2) is 29.7 Å². The van der Waals surface area contributed by atoms with Crippen molar-refractivity contribution in [2.24, 2.45) is 0 Å². The first-order valence-electron chi connectivity index (χ1n) is 9.38. The molecule has 3 rings (SSSR count). The van der Waals surface area contributed by atoms with Crippen LogP contribution in [0.15, 0.2) is 77.7 Å². The lowest BCUT2D eigenvalue weighted by atomic mass is 10.1. The van der Waals surface area contributed by atoms with E-state index in [-0.39, 0.29) is 4.90 Å². The second-order valence-electron chi connectivity index (χ2n) is 6.60. The average molecular weight is 428 g/mol. The summed E-state index contributed by atoms with van der Waals surface area (Å²) in [6, 6.07) is 20.1. The minimum Gasteiger partial charge on any atom is -0.497 e. The predicted octanol–water partition coefficient (Wildman–Crippen LogP) is 4.67. The molecule has 1 atom stereocenters. The molecule has 0 spiro atoms. The lowest BCUT2D eigenvalue weighted by molar-refractivity contribution is 0.396. The van der Waals surface area contributed by atoms with E-state index in [4.69, 9.17) is 14.2 Å². The van der Waals surface area contributed by atoms with Gasteiger partial charge in [-0.25, -0.2) is 8.42 Å². The zero-order valence-corrected chi connectivity index (χ0v) is 18.2. The molecule has 0 heterocycles. The van der Waals surface area contributed by atoms with Gasteiger partial charge in [0.2, 0.25) is 0 Å². The van der Waals surface area contributed by atoms with Crippen LogP contribution in [0, 0.1) is 0 Å². The van der Waals surface area contributed by atoms with Gasteiger partial charge in [-0.2, -0.15) is 0 Å². The number of hydrogen-bond donors (Lipinski definition) is 0. The van der Waals surface area contributed by atoms with Gasteiger partial charge in [0.25, 0.3) is 10.0 Å². The van der Waals surface area contributed by atoms with E-state index < -0.39 is 16.1 Å². The lowest BCUT2D eigenvalue weighted by Gasteiger charge is -2.32. The Morgan fingerprint density at radius 3 is 2.07 bits per heavy atom. The summed E-state index contributed by atoms with van der Waals surface area (Å²) in [5, 5.41) is 0. The minimum absolute atomic E-state index is 0.196. The summed E-state index contributed by atoms with van der Waals surface area (Å²) < 4.78 is 45.0. The highest BCUT2D eigenvalue weighted by molar-refractivity contribution is 7.92. The number of nitrogens with zero attached hydrogens (tertiary/aromatic N) is 1. The van der Waals surface area contributed by atoms with Crippen molar-refractivity contribution in [3.8, 4) is 17.2 Å². The normalized spacial score (nSPS) is 12.1. The molecule has 0 saturated heterocycles. The van der Waals surface area contributed by atoms with Crippen LogP contribution in [0.1, 0.15) is 18.5 Å².